The zero-order valence-corrected chi connectivity index (χ0v) is 9.89. The van der Waals surface area contributed by atoms with Gasteiger partial charge in [-0.3, -0.25) is 4.99 Å². The summed E-state index contributed by atoms with van der Waals surface area (Å²) >= 11 is 0. The molecule has 0 unspecified atom stereocenters. The lowest BCUT2D eigenvalue weighted by Crippen LogP contribution is -1.87. The Hall–Kier alpha value is -1.63. The molecule has 0 heterocycles. The number of rotatable bonds is 6. The molecule has 1 rings (SSSR count). The van der Waals surface area contributed by atoms with E-state index in [9.17, 15) is 0 Å². The second kappa shape index (κ2) is 7.63. The maximum absolute atomic E-state index is 4.27. The van der Waals surface area contributed by atoms with Crippen LogP contribution in [0.15, 0.2) is 48.0 Å². The summed E-state index contributed by atoms with van der Waals surface area (Å²) in [5.41, 5.74) is 2.39. The highest BCUT2D eigenvalue weighted by Gasteiger charge is 1.93. The lowest BCUT2D eigenvalue weighted by atomic mass is 10.1. The van der Waals surface area contributed by atoms with Gasteiger partial charge in [0, 0.05) is 6.21 Å². The second-order valence-corrected chi connectivity index (χ2v) is 3.60. The number of hydrogen-bond donors (Lipinski definition) is 0. The van der Waals surface area contributed by atoms with Crippen LogP contribution in [0, 0.1) is 0 Å². The van der Waals surface area contributed by atoms with Crippen molar-refractivity contribution in [1.82, 2.24) is 0 Å². The lowest BCUT2D eigenvalue weighted by molar-refractivity contribution is 0.962. The minimum atomic E-state index is 0.674. The van der Waals surface area contributed by atoms with Crippen molar-refractivity contribution >= 4 is 12.3 Å². The summed E-state index contributed by atoms with van der Waals surface area (Å²) in [4.78, 5) is 4.27. The van der Waals surface area contributed by atoms with Gasteiger partial charge < -0.3 is 0 Å². The molecule has 1 aromatic rings. The van der Waals surface area contributed by atoms with Gasteiger partial charge in [0.15, 0.2) is 0 Å². The van der Waals surface area contributed by atoms with Gasteiger partial charge >= 0.3 is 0 Å². The number of benzene rings is 1. The molecule has 0 aliphatic heterocycles. The first-order valence-corrected chi connectivity index (χ1v) is 5.74. The fourth-order valence-corrected chi connectivity index (χ4v) is 1.38. The standard InChI is InChI=1S/C15H19N/c1-3-5-6-9-14-10-7-8-11-15(14)13-16-12-4-2/h4,6-11,13H,2-3,5,12H2,1H3/b9-6+,16-13?. The Kier molecular flexibility index (Phi) is 5.94. The van der Waals surface area contributed by atoms with E-state index in [1.807, 2.05) is 12.3 Å². The molecule has 0 aliphatic carbocycles. The molecule has 0 aromatic heterocycles. The quantitative estimate of drug-likeness (QED) is 0.498. The van der Waals surface area contributed by atoms with Crippen LogP contribution in [0.1, 0.15) is 30.9 Å². The zero-order chi connectivity index (χ0) is 11.6. The Bertz CT molecular complexity index is 375. The minimum Gasteiger partial charge on any atom is -0.288 e. The summed E-state index contributed by atoms with van der Waals surface area (Å²) in [7, 11) is 0. The molecule has 0 bridgehead atoms. The predicted octanol–water partition coefficient (Wildman–Crippen LogP) is 4.10. The first-order chi connectivity index (χ1) is 7.88. The number of aliphatic imine (C=N–C) groups is 1. The van der Waals surface area contributed by atoms with Crippen LogP contribution in [0.3, 0.4) is 0 Å². The van der Waals surface area contributed by atoms with E-state index in [2.05, 4.69) is 48.8 Å². The van der Waals surface area contributed by atoms with E-state index in [1.165, 1.54) is 12.0 Å². The van der Waals surface area contributed by atoms with E-state index in [0.717, 1.165) is 12.0 Å². The van der Waals surface area contributed by atoms with E-state index in [4.69, 9.17) is 0 Å². The van der Waals surface area contributed by atoms with E-state index in [-0.39, 0.29) is 0 Å². The molecular formula is C15H19N. The molecule has 0 atom stereocenters. The van der Waals surface area contributed by atoms with Crippen LogP contribution in [-0.4, -0.2) is 12.8 Å². The van der Waals surface area contributed by atoms with Gasteiger partial charge in [0.05, 0.1) is 6.54 Å². The molecular weight excluding hydrogens is 194 g/mol. The van der Waals surface area contributed by atoms with Gasteiger partial charge in [0.2, 0.25) is 0 Å². The van der Waals surface area contributed by atoms with Gasteiger partial charge in [0.1, 0.15) is 0 Å². The van der Waals surface area contributed by atoms with E-state index in [0.29, 0.717) is 6.54 Å². The first-order valence-electron chi connectivity index (χ1n) is 5.74. The minimum absolute atomic E-state index is 0.674. The fourth-order valence-electron chi connectivity index (χ4n) is 1.38. The van der Waals surface area contributed by atoms with Gasteiger partial charge in [0.25, 0.3) is 0 Å². The van der Waals surface area contributed by atoms with E-state index >= 15 is 0 Å². The Balaban J connectivity index is 2.78. The molecule has 0 fully saturated rings. The SMILES string of the molecule is C=CCN=Cc1ccccc1/C=C/CCC. The number of hydrogen-bond acceptors (Lipinski definition) is 1. The highest BCUT2D eigenvalue weighted by Crippen LogP contribution is 2.09. The van der Waals surface area contributed by atoms with Crippen LogP contribution >= 0.6 is 0 Å². The zero-order valence-electron chi connectivity index (χ0n) is 9.89. The summed E-state index contributed by atoms with van der Waals surface area (Å²) in [5, 5.41) is 0. The van der Waals surface area contributed by atoms with Crippen LogP contribution in [0.25, 0.3) is 6.08 Å². The molecule has 1 aromatic carbocycles. The molecule has 1 heteroatoms. The Morgan fingerprint density at radius 2 is 2.00 bits per heavy atom. The summed E-state index contributed by atoms with van der Waals surface area (Å²) < 4.78 is 0. The molecule has 1 nitrogen and oxygen atoms in total. The first kappa shape index (κ1) is 12.4. The molecule has 84 valence electrons. The summed E-state index contributed by atoms with van der Waals surface area (Å²) in [6.07, 6.45) is 10.4. The number of unbranched alkanes of at least 4 members (excludes halogenated alkanes) is 1. The van der Waals surface area contributed by atoms with Crippen molar-refractivity contribution < 1.29 is 0 Å². The highest BCUT2D eigenvalue weighted by molar-refractivity contribution is 5.85. The third-order valence-electron chi connectivity index (χ3n) is 2.21. The molecule has 0 radical (unpaired) electrons. The van der Waals surface area contributed by atoms with Crippen LogP contribution in [0.2, 0.25) is 0 Å². The van der Waals surface area contributed by atoms with Gasteiger partial charge in [-0.05, 0) is 17.5 Å². The van der Waals surface area contributed by atoms with Crippen molar-refractivity contribution in [3.05, 3.63) is 54.1 Å². The molecule has 0 N–H and O–H groups in total. The van der Waals surface area contributed by atoms with E-state index in [1.54, 1.807) is 6.08 Å². The maximum atomic E-state index is 4.27. The monoisotopic (exact) mass is 213 g/mol. The third kappa shape index (κ3) is 4.26. The topological polar surface area (TPSA) is 12.4 Å². The van der Waals surface area contributed by atoms with Crippen molar-refractivity contribution in [2.45, 2.75) is 19.8 Å². The second-order valence-electron chi connectivity index (χ2n) is 3.60. The smallest absolute Gasteiger partial charge is 0.0567 e. The summed E-state index contributed by atoms with van der Waals surface area (Å²) in [6.45, 7) is 6.50. The average Bonchev–Trinajstić information content (AvgIpc) is 2.32. The molecule has 0 spiro atoms. The van der Waals surface area contributed by atoms with Crippen LogP contribution in [0.4, 0.5) is 0 Å². The van der Waals surface area contributed by atoms with E-state index < -0.39 is 0 Å². The third-order valence-corrected chi connectivity index (χ3v) is 2.21. The van der Waals surface area contributed by atoms with Crippen molar-refractivity contribution in [1.29, 1.82) is 0 Å². The van der Waals surface area contributed by atoms with Crippen molar-refractivity contribution in [3.8, 4) is 0 Å². The maximum Gasteiger partial charge on any atom is 0.0567 e. The van der Waals surface area contributed by atoms with Crippen molar-refractivity contribution in [3.63, 3.8) is 0 Å². The van der Waals surface area contributed by atoms with Crippen molar-refractivity contribution in [2.24, 2.45) is 4.99 Å². The van der Waals surface area contributed by atoms with Gasteiger partial charge in [-0.15, -0.1) is 6.58 Å². The van der Waals surface area contributed by atoms with Crippen molar-refractivity contribution in [2.75, 3.05) is 6.54 Å². The average molecular weight is 213 g/mol. The van der Waals surface area contributed by atoms with Gasteiger partial charge in [-0.25, -0.2) is 0 Å². The summed E-state index contributed by atoms with van der Waals surface area (Å²) in [6, 6.07) is 8.28. The molecule has 16 heavy (non-hydrogen) atoms. The molecule has 0 aliphatic rings. The molecule has 0 amide bonds. The Morgan fingerprint density at radius 1 is 1.25 bits per heavy atom. The summed E-state index contributed by atoms with van der Waals surface area (Å²) in [5.74, 6) is 0. The largest absolute Gasteiger partial charge is 0.288 e. The predicted molar refractivity (Wildman–Crippen MR) is 73.0 cm³/mol. The normalized spacial score (nSPS) is 11.3. The van der Waals surface area contributed by atoms with Crippen LogP contribution in [-0.2, 0) is 0 Å². The Labute approximate surface area is 98.2 Å². The Morgan fingerprint density at radius 3 is 2.69 bits per heavy atom. The van der Waals surface area contributed by atoms with Crippen LogP contribution < -0.4 is 0 Å². The van der Waals surface area contributed by atoms with Gasteiger partial charge in [-0.1, -0.05) is 55.8 Å². The number of nitrogens with zero attached hydrogens (tertiary/aromatic N) is 1. The lowest BCUT2D eigenvalue weighted by Gasteiger charge is -1.99. The fraction of sp³-hybridized carbons (Fsp3) is 0.267. The number of allylic oxidation sites excluding steroid dienone is 1. The van der Waals surface area contributed by atoms with Gasteiger partial charge in [-0.2, -0.15) is 0 Å². The molecule has 0 saturated heterocycles. The van der Waals surface area contributed by atoms with Crippen LogP contribution in [0.5, 0.6) is 0 Å². The highest BCUT2D eigenvalue weighted by atomic mass is 14.7. The molecule has 0 saturated carbocycles.